The average molecular weight is 372 g/mol. The van der Waals surface area contributed by atoms with E-state index in [-0.39, 0.29) is 38.1 Å². The molecular formula is C20H20O7. The zero-order chi connectivity index (χ0) is 18.4. The number of hydrogen-bond donors (Lipinski definition) is 2. The monoisotopic (exact) mass is 372 g/mol. The van der Waals surface area contributed by atoms with Crippen molar-refractivity contribution in [3.8, 4) is 23.0 Å². The van der Waals surface area contributed by atoms with Gasteiger partial charge in [0.05, 0.1) is 18.8 Å². The van der Waals surface area contributed by atoms with E-state index in [0.717, 1.165) is 11.1 Å². The fourth-order valence-electron chi connectivity index (χ4n) is 4.02. The molecule has 1 saturated heterocycles. The molecule has 0 saturated carbocycles. The predicted octanol–water partition coefficient (Wildman–Crippen LogP) is 2.17. The summed E-state index contributed by atoms with van der Waals surface area (Å²) in [6.07, 6.45) is -1.10. The Morgan fingerprint density at radius 1 is 0.889 bits per heavy atom. The Kier molecular flexibility index (Phi) is 4.07. The third kappa shape index (κ3) is 2.79. The highest BCUT2D eigenvalue weighted by Crippen LogP contribution is 2.46. The van der Waals surface area contributed by atoms with Gasteiger partial charge in [0, 0.05) is 18.4 Å². The van der Waals surface area contributed by atoms with Crippen molar-refractivity contribution in [2.24, 2.45) is 11.8 Å². The molecule has 3 aliphatic rings. The number of benzene rings is 2. The van der Waals surface area contributed by atoms with Gasteiger partial charge in [0.15, 0.2) is 23.0 Å². The first-order valence-electron chi connectivity index (χ1n) is 8.94. The van der Waals surface area contributed by atoms with E-state index in [0.29, 0.717) is 29.6 Å². The summed E-state index contributed by atoms with van der Waals surface area (Å²) in [5.74, 6) is 2.18. The van der Waals surface area contributed by atoms with Crippen LogP contribution >= 0.6 is 0 Å². The Hall–Kier alpha value is -2.48. The molecule has 1 unspecified atom stereocenters. The SMILES string of the molecule is OC[C@@H]1[C@@H](c2ccc3c(c2)OCO3)OC[C@@H]1C(O)c1ccc2c(c1)OCO2. The van der Waals surface area contributed by atoms with Gasteiger partial charge in [0.25, 0.3) is 0 Å². The molecule has 1 fully saturated rings. The molecule has 0 aromatic heterocycles. The van der Waals surface area contributed by atoms with Crippen molar-refractivity contribution in [2.45, 2.75) is 12.2 Å². The number of aliphatic hydroxyl groups excluding tert-OH is 2. The first kappa shape index (κ1) is 16.7. The zero-order valence-electron chi connectivity index (χ0n) is 14.5. The topological polar surface area (TPSA) is 86.6 Å². The van der Waals surface area contributed by atoms with Gasteiger partial charge in [-0.1, -0.05) is 12.1 Å². The highest BCUT2D eigenvalue weighted by molar-refractivity contribution is 5.46. The smallest absolute Gasteiger partial charge is 0.231 e. The molecule has 5 rings (SSSR count). The summed E-state index contributed by atoms with van der Waals surface area (Å²) in [5, 5.41) is 21.0. The van der Waals surface area contributed by atoms with Gasteiger partial charge in [-0.3, -0.25) is 0 Å². The predicted molar refractivity (Wildman–Crippen MR) is 92.8 cm³/mol. The number of ether oxygens (including phenoxy) is 5. The number of fused-ring (bicyclic) bond motifs is 2. The number of aliphatic hydroxyl groups is 2. The summed E-state index contributed by atoms with van der Waals surface area (Å²) in [6.45, 7) is 0.650. The quantitative estimate of drug-likeness (QED) is 0.851. The molecule has 2 N–H and O–H groups in total. The maximum absolute atomic E-state index is 10.9. The van der Waals surface area contributed by atoms with Crippen LogP contribution in [0, 0.1) is 11.8 Å². The molecule has 2 aromatic carbocycles. The molecule has 0 spiro atoms. The van der Waals surface area contributed by atoms with Crippen LogP contribution in [0.5, 0.6) is 23.0 Å². The van der Waals surface area contributed by atoms with Crippen molar-refractivity contribution in [3.05, 3.63) is 47.5 Å². The Balaban J connectivity index is 1.39. The number of rotatable bonds is 4. The van der Waals surface area contributed by atoms with Crippen LogP contribution in [-0.2, 0) is 4.74 Å². The lowest BCUT2D eigenvalue weighted by Gasteiger charge is -2.25. The van der Waals surface area contributed by atoms with Gasteiger partial charge < -0.3 is 33.9 Å². The third-order valence-electron chi connectivity index (χ3n) is 5.49. The minimum atomic E-state index is -0.782. The molecule has 7 heteroatoms. The van der Waals surface area contributed by atoms with Crippen LogP contribution in [0.2, 0.25) is 0 Å². The maximum atomic E-state index is 10.9. The van der Waals surface area contributed by atoms with Gasteiger partial charge in [-0.2, -0.15) is 0 Å². The highest BCUT2D eigenvalue weighted by Gasteiger charge is 2.42. The van der Waals surface area contributed by atoms with E-state index in [2.05, 4.69) is 0 Å². The Morgan fingerprint density at radius 2 is 1.56 bits per heavy atom. The largest absolute Gasteiger partial charge is 0.454 e. The van der Waals surface area contributed by atoms with Crippen molar-refractivity contribution in [3.63, 3.8) is 0 Å². The number of hydrogen-bond acceptors (Lipinski definition) is 7. The van der Waals surface area contributed by atoms with Crippen LogP contribution in [0.3, 0.4) is 0 Å². The normalized spacial score (nSPS) is 26.4. The Morgan fingerprint density at radius 3 is 2.30 bits per heavy atom. The van der Waals surface area contributed by atoms with Crippen LogP contribution in [0.1, 0.15) is 23.3 Å². The first-order chi connectivity index (χ1) is 13.2. The maximum Gasteiger partial charge on any atom is 0.231 e. The molecule has 4 atom stereocenters. The summed E-state index contributed by atoms with van der Waals surface area (Å²) in [7, 11) is 0. The van der Waals surface area contributed by atoms with Crippen molar-refractivity contribution in [1.29, 1.82) is 0 Å². The summed E-state index contributed by atoms with van der Waals surface area (Å²) >= 11 is 0. The lowest BCUT2D eigenvalue weighted by Crippen LogP contribution is -2.25. The van der Waals surface area contributed by atoms with E-state index >= 15 is 0 Å². The lowest BCUT2D eigenvalue weighted by molar-refractivity contribution is 0.0633. The highest BCUT2D eigenvalue weighted by atomic mass is 16.7. The van der Waals surface area contributed by atoms with Crippen LogP contribution in [-0.4, -0.2) is 37.0 Å². The van der Waals surface area contributed by atoms with Gasteiger partial charge in [-0.15, -0.1) is 0 Å². The fourth-order valence-corrected chi connectivity index (χ4v) is 4.02. The molecule has 142 valence electrons. The standard InChI is InChI=1S/C20H20O7/c21-7-13-14(19(22)11-1-3-15-17(5-11)26-9-24-15)8-23-20(13)12-2-4-16-18(6-12)27-10-25-16/h1-6,13-14,19-22H,7-10H2/t13-,14-,19?,20+/m0/s1. The van der Waals surface area contributed by atoms with E-state index in [1.165, 1.54) is 0 Å². The van der Waals surface area contributed by atoms with E-state index in [1.54, 1.807) is 12.1 Å². The molecule has 0 aliphatic carbocycles. The van der Waals surface area contributed by atoms with E-state index in [1.807, 2.05) is 24.3 Å². The molecule has 0 radical (unpaired) electrons. The van der Waals surface area contributed by atoms with Crippen LogP contribution in [0.4, 0.5) is 0 Å². The average Bonchev–Trinajstić information content (AvgIpc) is 3.44. The van der Waals surface area contributed by atoms with Gasteiger partial charge in [0.2, 0.25) is 13.6 Å². The second-order valence-corrected chi connectivity index (χ2v) is 6.93. The van der Waals surface area contributed by atoms with Crippen molar-refractivity contribution in [1.82, 2.24) is 0 Å². The van der Waals surface area contributed by atoms with Gasteiger partial charge in [0.1, 0.15) is 0 Å². The molecule has 7 nitrogen and oxygen atoms in total. The minimum Gasteiger partial charge on any atom is -0.454 e. The lowest BCUT2D eigenvalue weighted by atomic mass is 9.82. The minimum absolute atomic E-state index is 0.0919. The molecule has 0 amide bonds. The van der Waals surface area contributed by atoms with Gasteiger partial charge in [-0.05, 0) is 35.4 Å². The molecule has 3 heterocycles. The Bertz CT molecular complexity index is 852. The molecular weight excluding hydrogens is 352 g/mol. The van der Waals surface area contributed by atoms with Crippen molar-refractivity contribution >= 4 is 0 Å². The van der Waals surface area contributed by atoms with E-state index in [4.69, 9.17) is 23.7 Å². The van der Waals surface area contributed by atoms with Gasteiger partial charge >= 0.3 is 0 Å². The second-order valence-electron chi connectivity index (χ2n) is 6.93. The summed E-state index contributed by atoms with van der Waals surface area (Å²) in [4.78, 5) is 0. The molecule has 3 aliphatic heterocycles. The Labute approximate surface area is 156 Å². The van der Waals surface area contributed by atoms with Crippen LogP contribution in [0.15, 0.2) is 36.4 Å². The molecule has 0 bridgehead atoms. The fraction of sp³-hybridized carbons (Fsp3) is 0.400. The zero-order valence-corrected chi connectivity index (χ0v) is 14.5. The van der Waals surface area contributed by atoms with E-state index < -0.39 is 6.10 Å². The van der Waals surface area contributed by atoms with Crippen LogP contribution in [0.25, 0.3) is 0 Å². The van der Waals surface area contributed by atoms with Gasteiger partial charge in [-0.25, -0.2) is 0 Å². The third-order valence-corrected chi connectivity index (χ3v) is 5.49. The van der Waals surface area contributed by atoms with E-state index in [9.17, 15) is 10.2 Å². The van der Waals surface area contributed by atoms with Crippen LogP contribution < -0.4 is 18.9 Å². The molecule has 27 heavy (non-hydrogen) atoms. The summed E-state index contributed by atoms with van der Waals surface area (Å²) < 4.78 is 27.5. The van der Waals surface area contributed by atoms with Crippen molar-refractivity contribution < 1.29 is 33.9 Å². The summed E-state index contributed by atoms with van der Waals surface area (Å²) in [6, 6.07) is 11.0. The van der Waals surface area contributed by atoms with Crippen molar-refractivity contribution in [2.75, 3.05) is 26.8 Å². The molecule has 2 aromatic rings. The second kappa shape index (κ2) is 6.60. The first-order valence-corrected chi connectivity index (χ1v) is 8.94. The summed E-state index contributed by atoms with van der Waals surface area (Å²) in [5.41, 5.74) is 1.62.